The molecule has 0 bridgehead atoms. The monoisotopic (exact) mass is 275 g/mol. The Balaban J connectivity index is 3.29. The minimum atomic E-state index is -4.48. The summed E-state index contributed by atoms with van der Waals surface area (Å²) in [5.74, 6) is -0.593. The Hall–Kier alpha value is -1.56. The number of carbonyl (C=O) groups excluding carboxylic acids is 1. The molecule has 6 heteroatoms. The Morgan fingerprint density at radius 2 is 1.79 bits per heavy atom. The first kappa shape index (κ1) is 15.5. The van der Waals surface area contributed by atoms with Gasteiger partial charge in [-0.3, -0.25) is 4.79 Å². The van der Waals surface area contributed by atoms with Gasteiger partial charge in [-0.05, 0) is 11.6 Å². The largest absolute Gasteiger partial charge is 0.469 e. The molecule has 1 unspecified atom stereocenters. The number of benzene rings is 1. The number of carbonyl (C=O) groups is 1. The second-order valence-corrected chi connectivity index (χ2v) is 4.56. The molecule has 0 amide bonds. The number of hydrogen-bond acceptors (Lipinski definition) is 3. The van der Waals surface area contributed by atoms with E-state index in [1.807, 2.05) is 0 Å². The number of alkyl halides is 3. The molecular formula is C13H16F3NO2. The molecule has 0 heterocycles. The second-order valence-electron chi connectivity index (χ2n) is 4.56. The van der Waals surface area contributed by atoms with Crippen molar-refractivity contribution in [2.24, 2.45) is 5.73 Å². The van der Waals surface area contributed by atoms with Gasteiger partial charge in [0, 0.05) is 12.0 Å². The molecular weight excluding hydrogens is 259 g/mol. The highest BCUT2D eigenvalue weighted by Crippen LogP contribution is 2.38. The number of hydrogen-bond donors (Lipinski definition) is 1. The molecule has 0 radical (unpaired) electrons. The quantitative estimate of drug-likeness (QED) is 0.859. The number of methoxy groups -OCH3 is 1. The van der Waals surface area contributed by atoms with Crippen LogP contribution in [0.25, 0.3) is 0 Å². The molecule has 0 saturated heterocycles. The van der Waals surface area contributed by atoms with E-state index in [0.717, 1.165) is 6.07 Å². The SMILES string of the molecule is COC(=O)CC(C)(CN)c1ccccc1C(F)(F)F. The Bertz CT molecular complexity index is 459. The average Bonchev–Trinajstić information content (AvgIpc) is 2.37. The number of rotatable bonds is 4. The van der Waals surface area contributed by atoms with Gasteiger partial charge in [-0.25, -0.2) is 0 Å². The fraction of sp³-hybridized carbons (Fsp3) is 0.462. The van der Waals surface area contributed by atoms with Crippen molar-refractivity contribution in [2.75, 3.05) is 13.7 Å². The van der Waals surface area contributed by atoms with Crippen molar-refractivity contribution in [3.05, 3.63) is 35.4 Å². The van der Waals surface area contributed by atoms with Crippen LogP contribution in [0.1, 0.15) is 24.5 Å². The maximum Gasteiger partial charge on any atom is 0.416 e. The first-order valence-corrected chi connectivity index (χ1v) is 5.68. The average molecular weight is 275 g/mol. The van der Waals surface area contributed by atoms with Crippen molar-refractivity contribution in [3.8, 4) is 0 Å². The summed E-state index contributed by atoms with van der Waals surface area (Å²) in [4.78, 5) is 11.4. The third kappa shape index (κ3) is 3.47. The van der Waals surface area contributed by atoms with Gasteiger partial charge in [0.25, 0.3) is 0 Å². The molecule has 1 aromatic rings. The lowest BCUT2D eigenvalue weighted by molar-refractivity contribution is -0.144. The van der Waals surface area contributed by atoms with Crippen LogP contribution >= 0.6 is 0 Å². The zero-order chi connectivity index (χ0) is 14.7. The van der Waals surface area contributed by atoms with Gasteiger partial charge in [0.15, 0.2) is 0 Å². The highest BCUT2D eigenvalue weighted by atomic mass is 19.4. The van der Waals surface area contributed by atoms with Gasteiger partial charge in [0.05, 0.1) is 19.1 Å². The molecule has 0 aliphatic heterocycles. The molecule has 1 rings (SSSR count). The number of halogens is 3. The topological polar surface area (TPSA) is 52.3 Å². The van der Waals surface area contributed by atoms with E-state index in [-0.39, 0.29) is 18.5 Å². The first-order chi connectivity index (χ1) is 8.74. The van der Waals surface area contributed by atoms with Crippen LogP contribution in [0.4, 0.5) is 13.2 Å². The van der Waals surface area contributed by atoms with E-state index < -0.39 is 23.1 Å². The maximum atomic E-state index is 13.0. The van der Waals surface area contributed by atoms with Gasteiger partial charge >= 0.3 is 12.1 Å². The predicted octanol–water partition coefficient (Wildman–Crippen LogP) is 2.48. The lowest BCUT2D eigenvalue weighted by Gasteiger charge is -2.30. The van der Waals surface area contributed by atoms with Crippen molar-refractivity contribution in [2.45, 2.75) is 24.9 Å². The van der Waals surface area contributed by atoms with Gasteiger partial charge < -0.3 is 10.5 Å². The molecule has 1 aromatic carbocycles. The van der Waals surface area contributed by atoms with Crippen LogP contribution in [0.3, 0.4) is 0 Å². The summed E-state index contributed by atoms with van der Waals surface area (Å²) in [6.07, 6.45) is -4.68. The number of nitrogens with two attached hydrogens (primary N) is 1. The normalized spacial score (nSPS) is 14.8. The van der Waals surface area contributed by atoms with Crippen molar-refractivity contribution >= 4 is 5.97 Å². The fourth-order valence-corrected chi connectivity index (χ4v) is 1.92. The zero-order valence-electron chi connectivity index (χ0n) is 10.8. The van der Waals surface area contributed by atoms with E-state index in [1.54, 1.807) is 0 Å². The summed E-state index contributed by atoms with van der Waals surface area (Å²) in [6, 6.07) is 5.14. The van der Waals surface area contributed by atoms with Crippen LogP contribution in [-0.4, -0.2) is 19.6 Å². The van der Waals surface area contributed by atoms with Crippen LogP contribution in [0, 0.1) is 0 Å². The molecule has 106 valence electrons. The maximum absolute atomic E-state index is 13.0. The zero-order valence-corrected chi connectivity index (χ0v) is 10.8. The molecule has 3 nitrogen and oxygen atoms in total. The minimum Gasteiger partial charge on any atom is -0.469 e. The van der Waals surface area contributed by atoms with Gasteiger partial charge in [0.1, 0.15) is 0 Å². The van der Waals surface area contributed by atoms with E-state index in [1.165, 1.54) is 32.2 Å². The Labute approximate surface area is 109 Å². The lowest BCUT2D eigenvalue weighted by atomic mass is 9.77. The van der Waals surface area contributed by atoms with E-state index in [2.05, 4.69) is 4.74 Å². The molecule has 0 fully saturated rings. The summed E-state index contributed by atoms with van der Waals surface area (Å²) in [5.41, 5.74) is 3.71. The third-order valence-electron chi connectivity index (χ3n) is 3.10. The molecule has 0 spiro atoms. The summed E-state index contributed by atoms with van der Waals surface area (Å²) in [5, 5.41) is 0. The number of esters is 1. The predicted molar refractivity (Wildman–Crippen MR) is 64.5 cm³/mol. The molecule has 0 saturated carbocycles. The van der Waals surface area contributed by atoms with E-state index in [4.69, 9.17) is 5.73 Å². The summed E-state index contributed by atoms with van der Waals surface area (Å²) < 4.78 is 43.5. The van der Waals surface area contributed by atoms with Gasteiger partial charge in [-0.2, -0.15) is 13.2 Å². The first-order valence-electron chi connectivity index (χ1n) is 5.68. The summed E-state index contributed by atoms with van der Waals surface area (Å²) >= 11 is 0. The van der Waals surface area contributed by atoms with Crippen molar-refractivity contribution in [3.63, 3.8) is 0 Å². The second kappa shape index (κ2) is 5.61. The Morgan fingerprint density at radius 3 is 2.21 bits per heavy atom. The number of ether oxygens (including phenoxy) is 1. The fourth-order valence-electron chi connectivity index (χ4n) is 1.92. The summed E-state index contributed by atoms with van der Waals surface area (Å²) in [7, 11) is 1.19. The van der Waals surface area contributed by atoms with Crippen LogP contribution in [-0.2, 0) is 21.1 Å². The molecule has 19 heavy (non-hydrogen) atoms. The summed E-state index contributed by atoms with van der Waals surface area (Å²) in [6.45, 7) is 1.43. The van der Waals surface area contributed by atoms with Gasteiger partial charge in [0.2, 0.25) is 0 Å². The smallest absolute Gasteiger partial charge is 0.416 e. The molecule has 0 aliphatic rings. The van der Waals surface area contributed by atoms with E-state index in [9.17, 15) is 18.0 Å². The highest BCUT2D eigenvalue weighted by Gasteiger charge is 2.39. The van der Waals surface area contributed by atoms with E-state index in [0.29, 0.717) is 0 Å². The van der Waals surface area contributed by atoms with Crippen molar-refractivity contribution in [1.82, 2.24) is 0 Å². The lowest BCUT2D eigenvalue weighted by Crippen LogP contribution is -2.36. The highest BCUT2D eigenvalue weighted by molar-refractivity contribution is 5.71. The third-order valence-corrected chi connectivity index (χ3v) is 3.10. The van der Waals surface area contributed by atoms with Crippen molar-refractivity contribution in [1.29, 1.82) is 0 Å². The van der Waals surface area contributed by atoms with Gasteiger partial charge in [-0.1, -0.05) is 25.1 Å². The van der Waals surface area contributed by atoms with Crippen molar-refractivity contribution < 1.29 is 22.7 Å². The van der Waals surface area contributed by atoms with Gasteiger partial charge in [-0.15, -0.1) is 0 Å². The van der Waals surface area contributed by atoms with Crippen LogP contribution < -0.4 is 5.73 Å². The van der Waals surface area contributed by atoms with Crippen LogP contribution in [0.15, 0.2) is 24.3 Å². The van der Waals surface area contributed by atoms with E-state index >= 15 is 0 Å². The minimum absolute atomic E-state index is 0.00963. The van der Waals surface area contributed by atoms with Crippen LogP contribution in [0.5, 0.6) is 0 Å². The molecule has 1 atom stereocenters. The molecule has 0 aliphatic carbocycles. The molecule has 0 aromatic heterocycles. The molecule has 2 N–H and O–H groups in total. The Kier molecular flexibility index (Phi) is 4.57. The van der Waals surface area contributed by atoms with Crippen LogP contribution in [0.2, 0.25) is 0 Å². The standard InChI is InChI=1S/C13H16F3NO2/c1-12(8-17,7-11(18)19-2)9-5-3-4-6-10(9)13(14,15)16/h3-6H,7-8,17H2,1-2H3. The Morgan fingerprint density at radius 1 is 1.26 bits per heavy atom.